The number of aromatic hydroxyl groups is 1. The second-order valence-electron chi connectivity index (χ2n) is 6.94. The molecule has 0 aliphatic carbocycles. The van der Waals surface area contributed by atoms with Crippen LogP contribution in [0.5, 0.6) is 17.2 Å². The Labute approximate surface area is 172 Å². The SMILES string of the molecule is Cc1ccc2oc(-c3cc(N=CC=Cc4ccc5c(c4)OCO5)ccc3O)nc2c1. The van der Waals surface area contributed by atoms with Gasteiger partial charge in [0.2, 0.25) is 12.7 Å². The molecular weight excluding hydrogens is 380 g/mol. The van der Waals surface area contributed by atoms with Crippen molar-refractivity contribution in [1.82, 2.24) is 4.98 Å². The molecule has 0 amide bonds. The highest BCUT2D eigenvalue weighted by Gasteiger charge is 2.13. The zero-order chi connectivity index (χ0) is 20.5. The lowest BCUT2D eigenvalue weighted by atomic mass is 10.1. The van der Waals surface area contributed by atoms with Gasteiger partial charge in [-0.3, -0.25) is 4.99 Å². The van der Waals surface area contributed by atoms with Crippen LogP contribution in [0.2, 0.25) is 0 Å². The average Bonchev–Trinajstić information content (AvgIpc) is 3.38. The number of phenols is 1. The van der Waals surface area contributed by atoms with Crippen LogP contribution in [0.4, 0.5) is 5.69 Å². The molecule has 3 aromatic carbocycles. The van der Waals surface area contributed by atoms with Crippen LogP contribution in [0.15, 0.2) is 70.1 Å². The highest BCUT2D eigenvalue weighted by Crippen LogP contribution is 2.34. The number of allylic oxidation sites excluding steroid dienone is 1. The van der Waals surface area contributed by atoms with Crippen molar-refractivity contribution in [1.29, 1.82) is 0 Å². The Kier molecular flexibility index (Phi) is 4.44. The van der Waals surface area contributed by atoms with Crippen molar-refractivity contribution in [3.8, 4) is 28.7 Å². The van der Waals surface area contributed by atoms with E-state index in [1.807, 2.05) is 55.5 Å². The largest absolute Gasteiger partial charge is 0.507 e. The Morgan fingerprint density at radius 1 is 1.00 bits per heavy atom. The van der Waals surface area contributed by atoms with Gasteiger partial charge in [-0.15, -0.1) is 0 Å². The Balaban J connectivity index is 1.37. The fourth-order valence-electron chi connectivity index (χ4n) is 3.23. The van der Waals surface area contributed by atoms with Crippen LogP contribution in [0.1, 0.15) is 11.1 Å². The van der Waals surface area contributed by atoms with E-state index in [1.165, 1.54) is 0 Å². The van der Waals surface area contributed by atoms with Crippen LogP contribution < -0.4 is 9.47 Å². The summed E-state index contributed by atoms with van der Waals surface area (Å²) in [5.74, 6) is 1.95. The molecular formula is C24H18N2O4. The van der Waals surface area contributed by atoms with E-state index in [4.69, 9.17) is 13.9 Å². The maximum absolute atomic E-state index is 10.3. The third-order valence-corrected chi connectivity index (χ3v) is 4.75. The number of aromatic nitrogens is 1. The molecule has 0 radical (unpaired) electrons. The van der Waals surface area contributed by atoms with Crippen molar-refractivity contribution in [2.24, 2.45) is 4.99 Å². The minimum absolute atomic E-state index is 0.0909. The lowest BCUT2D eigenvalue weighted by Crippen LogP contribution is -1.92. The van der Waals surface area contributed by atoms with Crippen molar-refractivity contribution >= 4 is 29.1 Å². The highest BCUT2D eigenvalue weighted by atomic mass is 16.7. The summed E-state index contributed by atoms with van der Waals surface area (Å²) in [7, 11) is 0. The molecule has 1 N–H and O–H groups in total. The molecule has 5 rings (SSSR count). The molecule has 2 heterocycles. The summed E-state index contributed by atoms with van der Waals surface area (Å²) in [5, 5.41) is 10.3. The summed E-state index contributed by atoms with van der Waals surface area (Å²) >= 11 is 0. The second-order valence-corrected chi connectivity index (χ2v) is 6.94. The van der Waals surface area contributed by atoms with Crippen LogP contribution in [-0.4, -0.2) is 23.1 Å². The van der Waals surface area contributed by atoms with Crippen molar-refractivity contribution < 1.29 is 19.0 Å². The Morgan fingerprint density at radius 3 is 2.83 bits per heavy atom. The molecule has 0 fully saturated rings. The van der Waals surface area contributed by atoms with Gasteiger partial charge in [0.15, 0.2) is 17.1 Å². The summed E-state index contributed by atoms with van der Waals surface area (Å²) in [5.41, 5.74) is 4.69. The molecule has 148 valence electrons. The summed E-state index contributed by atoms with van der Waals surface area (Å²) in [6.45, 7) is 2.25. The van der Waals surface area contributed by atoms with Gasteiger partial charge in [0.05, 0.1) is 11.3 Å². The van der Waals surface area contributed by atoms with Crippen molar-refractivity contribution in [2.75, 3.05) is 6.79 Å². The van der Waals surface area contributed by atoms with E-state index in [9.17, 15) is 5.11 Å². The number of rotatable bonds is 4. The summed E-state index contributed by atoms with van der Waals surface area (Å²) in [6.07, 6.45) is 5.46. The minimum atomic E-state index is 0.0909. The first-order valence-electron chi connectivity index (χ1n) is 9.47. The molecule has 6 heteroatoms. The quantitative estimate of drug-likeness (QED) is 0.449. The van der Waals surface area contributed by atoms with Crippen molar-refractivity contribution in [2.45, 2.75) is 6.92 Å². The minimum Gasteiger partial charge on any atom is -0.507 e. The molecule has 1 aliphatic rings. The molecule has 0 unspecified atom stereocenters. The first-order valence-corrected chi connectivity index (χ1v) is 9.47. The Morgan fingerprint density at radius 2 is 1.90 bits per heavy atom. The molecule has 1 aliphatic heterocycles. The van der Waals surface area contributed by atoms with Crippen molar-refractivity contribution in [3.63, 3.8) is 0 Å². The van der Waals surface area contributed by atoms with E-state index >= 15 is 0 Å². The lowest BCUT2D eigenvalue weighted by Gasteiger charge is -2.01. The maximum Gasteiger partial charge on any atom is 0.231 e. The van der Waals surface area contributed by atoms with Gasteiger partial charge in [-0.25, -0.2) is 4.98 Å². The van der Waals surface area contributed by atoms with Gasteiger partial charge < -0.3 is 19.0 Å². The zero-order valence-electron chi connectivity index (χ0n) is 16.2. The molecule has 4 aromatic rings. The third-order valence-electron chi connectivity index (χ3n) is 4.75. The number of aryl methyl sites for hydroxylation is 1. The van der Waals surface area contributed by atoms with E-state index in [0.717, 1.165) is 28.1 Å². The van der Waals surface area contributed by atoms with Gasteiger partial charge >= 0.3 is 0 Å². The van der Waals surface area contributed by atoms with Gasteiger partial charge in [0.25, 0.3) is 0 Å². The molecule has 30 heavy (non-hydrogen) atoms. The van der Waals surface area contributed by atoms with Crippen LogP contribution in [0.3, 0.4) is 0 Å². The van der Waals surface area contributed by atoms with Gasteiger partial charge in [0.1, 0.15) is 11.3 Å². The molecule has 1 aromatic heterocycles. The number of hydrogen-bond donors (Lipinski definition) is 1. The van der Waals surface area contributed by atoms with Crippen molar-refractivity contribution in [3.05, 3.63) is 71.8 Å². The van der Waals surface area contributed by atoms with Crippen LogP contribution in [-0.2, 0) is 0 Å². The van der Waals surface area contributed by atoms with E-state index < -0.39 is 0 Å². The topological polar surface area (TPSA) is 77.1 Å². The van der Waals surface area contributed by atoms with Gasteiger partial charge in [0, 0.05) is 6.21 Å². The van der Waals surface area contributed by atoms with Gasteiger partial charge in [-0.05, 0) is 66.6 Å². The van der Waals surface area contributed by atoms with E-state index in [0.29, 0.717) is 22.7 Å². The first kappa shape index (κ1) is 18.0. The van der Waals surface area contributed by atoms with Crippen LogP contribution in [0.25, 0.3) is 28.6 Å². The number of nitrogens with zero attached hydrogens (tertiary/aromatic N) is 2. The number of benzene rings is 3. The van der Waals surface area contributed by atoms with Gasteiger partial charge in [-0.1, -0.05) is 18.2 Å². The first-order chi connectivity index (χ1) is 14.7. The highest BCUT2D eigenvalue weighted by molar-refractivity contribution is 5.82. The van der Waals surface area contributed by atoms with E-state index in [2.05, 4.69) is 9.98 Å². The summed E-state index contributed by atoms with van der Waals surface area (Å²) < 4.78 is 16.5. The van der Waals surface area contributed by atoms with Crippen LogP contribution >= 0.6 is 0 Å². The fourth-order valence-corrected chi connectivity index (χ4v) is 3.23. The number of ether oxygens (including phenoxy) is 2. The Hall–Kier alpha value is -4.06. The molecule has 0 bridgehead atoms. The second kappa shape index (κ2) is 7.40. The molecule has 0 atom stereocenters. The number of aliphatic imine (C=N–C) groups is 1. The summed E-state index contributed by atoms with van der Waals surface area (Å²) in [4.78, 5) is 8.94. The normalized spacial score (nSPS) is 13.1. The predicted octanol–water partition coefficient (Wildman–Crippen LogP) is 5.65. The average molecular weight is 398 g/mol. The monoisotopic (exact) mass is 398 g/mol. The Bertz CT molecular complexity index is 1300. The van der Waals surface area contributed by atoms with E-state index in [1.54, 1.807) is 24.4 Å². The standard InChI is InChI=1S/C24H18N2O4/c1-15-4-8-21-19(11-15)26-24(30-21)18-13-17(6-7-20(18)27)25-10-2-3-16-5-9-22-23(12-16)29-14-28-22/h2-13,27H,14H2,1H3. The van der Waals surface area contributed by atoms with E-state index in [-0.39, 0.29) is 12.5 Å². The maximum atomic E-state index is 10.3. The number of fused-ring (bicyclic) bond motifs is 2. The molecule has 0 saturated heterocycles. The predicted molar refractivity (Wildman–Crippen MR) is 116 cm³/mol. The number of hydrogen-bond acceptors (Lipinski definition) is 6. The summed E-state index contributed by atoms with van der Waals surface area (Å²) in [6, 6.07) is 16.6. The third kappa shape index (κ3) is 3.51. The smallest absolute Gasteiger partial charge is 0.231 e. The van der Waals surface area contributed by atoms with Crippen LogP contribution in [0, 0.1) is 6.92 Å². The van der Waals surface area contributed by atoms with Gasteiger partial charge in [-0.2, -0.15) is 0 Å². The molecule has 0 saturated carbocycles. The zero-order valence-corrected chi connectivity index (χ0v) is 16.2. The molecule has 0 spiro atoms. The molecule has 6 nitrogen and oxygen atoms in total. The lowest BCUT2D eigenvalue weighted by molar-refractivity contribution is 0.174. The fraction of sp³-hybridized carbons (Fsp3) is 0.0833. The number of phenolic OH excluding ortho intramolecular Hbond substituents is 1. The number of oxazole rings is 1.